The number of hydrazine groups is 1. The molecular weight excluding hydrogens is 601 g/mol. The summed E-state index contributed by atoms with van der Waals surface area (Å²) < 4.78 is 20.0. The number of amides is 2. The predicted molar refractivity (Wildman–Crippen MR) is 154 cm³/mol. The van der Waals surface area contributed by atoms with Gasteiger partial charge in [0.05, 0.1) is 18.1 Å². The van der Waals surface area contributed by atoms with E-state index in [0.717, 1.165) is 0 Å². The number of halogens is 3. The van der Waals surface area contributed by atoms with Crippen molar-refractivity contribution < 1.29 is 38.1 Å². The Morgan fingerprint density at radius 1 is 1.22 bits per heavy atom. The highest BCUT2D eigenvalue weighted by molar-refractivity contribution is 6.67. The number of carbonyl (C=O) groups excluding carboxylic acids is 4. The highest BCUT2D eigenvalue weighted by Crippen LogP contribution is 2.28. The van der Waals surface area contributed by atoms with Crippen LogP contribution in [0.15, 0.2) is 12.2 Å². The first kappa shape index (κ1) is 35.6. The fourth-order valence-corrected chi connectivity index (χ4v) is 4.58. The highest BCUT2D eigenvalue weighted by atomic mass is 35.6. The zero-order chi connectivity index (χ0) is 30.8. The molecule has 41 heavy (non-hydrogen) atoms. The smallest absolute Gasteiger partial charge is 0.325 e. The summed E-state index contributed by atoms with van der Waals surface area (Å²) >= 11 is 16.9. The van der Waals surface area contributed by atoms with Crippen LogP contribution in [0, 0.1) is 11.8 Å². The zero-order valence-corrected chi connectivity index (χ0v) is 26.5. The molecule has 0 bridgehead atoms. The van der Waals surface area contributed by atoms with Crippen LogP contribution in [-0.2, 0) is 38.1 Å². The van der Waals surface area contributed by atoms with Crippen molar-refractivity contribution in [2.45, 2.75) is 94.3 Å². The Bertz CT molecular complexity index is 937. The summed E-state index contributed by atoms with van der Waals surface area (Å²) in [5, 5.41) is 3.91. The number of hydrogen-bond donors (Lipinski definition) is 2. The van der Waals surface area contributed by atoms with Gasteiger partial charge in [-0.15, -0.1) is 0 Å². The lowest BCUT2D eigenvalue weighted by Gasteiger charge is -2.34. The van der Waals surface area contributed by atoms with Crippen molar-refractivity contribution in [3.63, 3.8) is 0 Å². The third kappa shape index (κ3) is 11.9. The molecule has 0 radical (unpaired) electrons. The van der Waals surface area contributed by atoms with Crippen molar-refractivity contribution in [3.8, 4) is 0 Å². The van der Waals surface area contributed by atoms with Crippen LogP contribution in [-0.4, -0.2) is 82.9 Å². The SMILES string of the molecule is C/C=C/C[C@@H](CCC1(C)COCO1)C(=O)O[C@H](C(=O)N[C@@H](C)C(=O)N1CCC[C@@H](C(=O)OCC(Cl)(Cl)Cl)N1)C(C)C. The van der Waals surface area contributed by atoms with Crippen LogP contribution >= 0.6 is 34.8 Å². The average Bonchev–Trinajstić information content (AvgIpc) is 3.35. The molecule has 14 heteroatoms. The van der Waals surface area contributed by atoms with Crippen LogP contribution in [0.2, 0.25) is 0 Å². The number of hydrogen-bond acceptors (Lipinski definition) is 9. The van der Waals surface area contributed by atoms with Gasteiger partial charge in [0.15, 0.2) is 6.10 Å². The number of rotatable bonds is 13. The molecule has 11 nitrogen and oxygen atoms in total. The number of alkyl halides is 3. The largest absolute Gasteiger partial charge is 0.460 e. The summed E-state index contributed by atoms with van der Waals surface area (Å²) in [6, 6.07) is -1.78. The number of nitrogens with zero attached hydrogens (tertiary/aromatic N) is 1. The van der Waals surface area contributed by atoms with E-state index >= 15 is 0 Å². The van der Waals surface area contributed by atoms with Crippen LogP contribution in [0.5, 0.6) is 0 Å². The number of esters is 2. The summed E-state index contributed by atoms with van der Waals surface area (Å²) in [5.74, 6) is -3.04. The van der Waals surface area contributed by atoms with Crippen LogP contribution in [0.1, 0.15) is 66.7 Å². The van der Waals surface area contributed by atoms with E-state index in [0.29, 0.717) is 45.3 Å². The molecule has 2 aliphatic heterocycles. The number of nitrogens with one attached hydrogen (secondary N) is 2. The fraction of sp³-hybridized carbons (Fsp3) is 0.778. The average molecular weight is 643 g/mol. The van der Waals surface area contributed by atoms with E-state index in [-0.39, 0.29) is 12.7 Å². The molecule has 5 atom stereocenters. The minimum absolute atomic E-state index is 0.224. The van der Waals surface area contributed by atoms with Gasteiger partial charge < -0.3 is 24.3 Å². The van der Waals surface area contributed by atoms with Gasteiger partial charge in [0.1, 0.15) is 25.5 Å². The maximum atomic E-state index is 13.2. The van der Waals surface area contributed by atoms with Crippen LogP contribution in [0.3, 0.4) is 0 Å². The molecular formula is C27H42Cl3N3O8. The standard InChI is InChI=1S/C27H42Cl3N3O8/c1-6-7-9-19(11-12-26(5)14-38-16-40-26)24(36)41-21(17(2)3)22(34)31-18(4)23(35)33-13-8-10-20(32-33)25(37)39-15-27(28,29)30/h6-7,17-21,32H,8-16H2,1-5H3,(H,31,34)/b7-6+/t18-,19-,20-,21-,26?/m0/s1. The third-order valence-corrected chi connectivity index (χ3v) is 7.19. The lowest BCUT2D eigenvalue weighted by atomic mass is 9.91. The topological polar surface area (TPSA) is 132 Å². The van der Waals surface area contributed by atoms with Crippen molar-refractivity contribution in [1.29, 1.82) is 0 Å². The van der Waals surface area contributed by atoms with Gasteiger partial charge in [-0.25, -0.2) is 5.43 Å². The first-order valence-corrected chi connectivity index (χ1v) is 14.9. The summed E-state index contributed by atoms with van der Waals surface area (Å²) in [4.78, 5) is 51.8. The predicted octanol–water partition coefficient (Wildman–Crippen LogP) is 3.59. The minimum Gasteiger partial charge on any atom is -0.460 e. The summed E-state index contributed by atoms with van der Waals surface area (Å²) in [5.41, 5.74) is 2.35. The van der Waals surface area contributed by atoms with Gasteiger partial charge in [-0.2, -0.15) is 0 Å². The Morgan fingerprint density at radius 3 is 2.51 bits per heavy atom. The van der Waals surface area contributed by atoms with Crippen LogP contribution in [0.25, 0.3) is 0 Å². The molecule has 2 aliphatic rings. The molecule has 2 N–H and O–H groups in total. The summed E-state index contributed by atoms with van der Waals surface area (Å²) in [7, 11) is 0. The van der Waals surface area contributed by atoms with E-state index in [4.69, 9.17) is 53.8 Å². The second kappa shape index (κ2) is 16.3. The van der Waals surface area contributed by atoms with Gasteiger partial charge in [-0.05, 0) is 58.8 Å². The first-order valence-electron chi connectivity index (χ1n) is 13.8. The van der Waals surface area contributed by atoms with Gasteiger partial charge in [-0.3, -0.25) is 24.2 Å². The molecule has 0 saturated carbocycles. The number of allylic oxidation sites excluding steroid dienone is 2. The Balaban J connectivity index is 1.97. The highest BCUT2D eigenvalue weighted by Gasteiger charge is 2.37. The molecule has 0 spiro atoms. The second-order valence-corrected chi connectivity index (χ2v) is 13.5. The normalized spacial score (nSPS) is 23.7. The molecule has 1 unspecified atom stereocenters. The van der Waals surface area contributed by atoms with Gasteiger partial charge in [0, 0.05) is 6.54 Å². The fourth-order valence-electron chi connectivity index (χ4n) is 4.41. The molecule has 2 heterocycles. The summed E-state index contributed by atoms with van der Waals surface area (Å²) in [6.07, 6.45) is 5.12. The maximum Gasteiger partial charge on any atom is 0.325 e. The van der Waals surface area contributed by atoms with E-state index in [2.05, 4.69) is 10.7 Å². The molecule has 2 amide bonds. The molecule has 2 rings (SSSR count). The third-order valence-electron chi connectivity index (χ3n) is 6.86. The molecule has 0 aromatic carbocycles. The van der Waals surface area contributed by atoms with Gasteiger partial charge in [0.2, 0.25) is 3.79 Å². The van der Waals surface area contributed by atoms with Crippen molar-refractivity contribution in [2.75, 3.05) is 26.6 Å². The van der Waals surface area contributed by atoms with Crippen molar-refractivity contribution in [3.05, 3.63) is 12.2 Å². The van der Waals surface area contributed by atoms with Crippen LogP contribution in [0.4, 0.5) is 0 Å². The molecule has 0 aromatic heterocycles. The van der Waals surface area contributed by atoms with E-state index in [1.165, 1.54) is 11.9 Å². The molecule has 2 saturated heterocycles. The van der Waals surface area contributed by atoms with E-state index in [1.54, 1.807) is 13.8 Å². The molecule has 2 fully saturated rings. The van der Waals surface area contributed by atoms with E-state index in [1.807, 2.05) is 26.0 Å². The van der Waals surface area contributed by atoms with Gasteiger partial charge in [0.25, 0.3) is 11.8 Å². The number of ether oxygens (including phenoxy) is 4. The van der Waals surface area contributed by atoms with E-state index < -0.39 is 63.9 Å². The number of carbonyl (C=O) groups is 4. The molecule has 0 aliphatic carbocycles. The lowest BCUT2D eigenvalue weighted by molar-refractivity contribution is -0.163. The second-order valence-electron chi connectivity index (χ2n) is 11.0. The molecule has 234 valence electrons. The Hall–Kier alpha value is -1.63. The van der Waals surface area contributed by atoms with Gasteiger partial charge >= 0.3 is 11.9 Å². The van der Waals surface area contributed by atoms with E-state index in [9.17, 15) is 19.2 Å². The monoisotopic (exact) mass is 641 g/mol. The molecule has 0 aromatic rings. The quantitative estimate of drug-likeness (QED) is 0.176. The van der Waals surface area contributed by atoms with Crippen molar-refractivity contribution in [1.82, 2.24) is 15.8 Å². The minimum atomic E-state index is -1.75. The van der Waals surface area contributed by atoms with Crippen molar-refractivity contribution in [2.24, 2.45) is 11.8 Å². The maximum absolute atomic E-state index is 13.2. The Kier molecular flexibility index (Phi) is 14.1. The Morgan fingerprint density at radius 2 is 1.93 bits per heavy atom. The lowest BCUT2D eigenvalue weighted by Crippen LogP contribution is -2.60. The summed E-state index contributed by atoms with van der Waals surface area (Å²) in [6.45, 7) is 9.40. The first-order chi connectivity index (χ1) is 19.2. The Labute approximate surface area is 256 Å². The van der Waals surface area contributed by atoms with Crippen LogP contribution < -0.4 is 10.7 Å². The van der Waals surface area contributed by atoms with Crippen molar-refractivity contribution >= 4 is 58.6 Å². The zero-order valence-electron chi connectivity index (χ0n) is 24.3. The van der Waals surface area contributed by atoms with Gasteiger partial charge in [-0.1, -0.05) is 60.8 Å².